The minimum absolute atomic E-state index is 0.162. The van der Waals surface area contributed by atoms with Crippen LogP contribution in [0.4, 0.5) is 0 Å². The molecule has 0 saturated carbocycles. The van der Waals surface area contributed by atoms with Crippen LogP contribution in [0.3, 0.4) is 0 Å². The molecule has 0 rings (SSSR count). The fourth-order valence-corrected chi connectivity index (χ4v) is 3.69. The van der Waals surface area contributed by atoms with Crippen molar-refractivity contribution in [1.29, 1.82) is 0 Å². The molecule has 2 N–H and O–H groups in total. The Morgan fingerprint density at radius 3 is 1.77 bits per heavy atom. The number of hydrogen-bond acceptors (Lipinski definition) is 3. The summed E-state index contributed by atoms with van der Waals surface area (Å²) < 4.78 is 31.9. The van der Waals surface area contributed by atoms with Crippen LogP contribution in [0.5, 0.6) is 0 Å². The Labute approximate surface area is 137 Å². The molecule has 0 heterocycles. The van der Waals surface area contributed by atoms with Crippen LogP contribution >= 0.6 is 0 Å². The lowest BCUT2D eigenvalue weighted by molar-refractivity contribution is 0.147. The van der Waals surface area contributed by atoms with E-state index in [2.05, 4.69) is 6.92 Å². The zero-order valence-electron chi connectivity index (χ0n) is 14.5. The Hall–Kier alpha value is -0.130. The Balaban J connectivity index is 3.79. The van der Waals surface area contributed by atoms with Gasteiger partial charge in [-0.05, 0) is 19.3 Å². The molecule has 0 fully saturated rings. The average molecular weight is 337 g/mol. The third-order valence-corrected chi connectivity index (χ3v) is 5.50. The highest BCUT2D eigenvalue weighted by atomic mass is 32.2. The summed E-state index contributed by atoms with van der Waals surface area (Å²) in [6.45, 7) is 4.19. The second-order valence-corrected chi connectivity index (χ2v) is 8.13. The third-order valence-electron chi connectivity index (χ3n) is 4.23. The molecule has 0 bridgehead atoms. The molecule has 0 aromatic rings. The first-order valence-electron chi connectivity index (χ1n) is 9.06. The number of rotatable bonds is 15. The lowest BCUT2D eigenvalue weighted by atomic mass is 10.0. The van der Waals surface area contributed by atoms with Gasteiger partial charge in [0.2, 0.25) is 0 Å². The zero-order chi connectivity index (χ0) is 16.8. The van der Waals surface area contributed by atoms with Gasteiger partial charge in [-0.15, -0.1) is 0 Å². The van der Waals surface area contributed by atoms with E-state index in [1.165, 1.54) is 38.5 Å². The molecule has 0 amide bonds. The first kappa shape index (κ1) is 21.9. The van der Waals surface area contributed by atoms with Crippen LogP contribution in [0, 0.1) is 0 Å². The van der Waals surface area contributed by atoms with E-state index in [9.17, 15) is 18.1 Å². The van der Waals surface area contributed by atoms with Gasteiger partial charge in [-0.2, -0.15) is 8.42 Å². The van der Waals surface area contributed by atoms with Crippen molar-refractivity contribution >= 4 is 10.1 Å². The van der Waals surface area contributed by atoms with Crippen molar-refractivity contribution in [2.45, 2.75) is 109 Å². The molecule has 0 aliphatic carbocycles. The van der Waals surface area contributed by atoms with E-state index >= 15 is 0 Å². The SMILES string of the molecule is CCCCCCCCCCC(O)CC(CCCC)S(=O)(=O)O. The number of hydrogen-bond donors (Lipinski definition) is 2. The van der Waals surface area contributed by atoms with E-state index in [4.69, 9.17) is 0 Å². The van der Waals surface area contributed by atoms with Crippen LogP contribution in [0.25, 0.3) is 0 Å². The molecule has 0 aliphatic rings. The highest BCUT2D eigenvalue weighted by Crippen LogP contribution is 2.18. The summed E-state index contributed by atoms with van der Waals surface area (Å²) in [6, 6.07) is 0. The van der Waals surface area contributed by atoms with Crippen molar-refractivity contribution in [1.82, 2.24) is 0 Å². The summed E-state index contributed by atoms with van der Waals surface area (Å²) in [4.78, 5) is 0. The van der Waals surface area contributed by atoms with Gasteiger partial charge in [0, 0.05) is 0 Å². The fraction of sp³-hybridized carbons (Fsp3) is 1.00. The molecular weight excluding hydrogens is 300 g/mol. The van der Waals surface area contributed by atoms with E-state index in [0.717, 1.165) is 25.7 Å². The second kappa shape index (κ2) is 13.3. The maximum absolute atomic E-state index is 11.3. The van der Waals surface area contributed by atoms with Gasteiger partial charge >= 0.3 is 0 Å². The Morgan fingerprint density at radius 1 is 0.773 bits per heavy atom. The molecule has 0 saturated heterocycles. The third kappa shape index (κ3) is 12.4. The van der Waals surface area contributed by atoms with Crippen LogP contribution in [0.2, 0.25) is 0 Å². The van der Waals surface area contributed by atoms with Gasteiger partial charge in [0.15, 0.2) is 0 Å². The molecule has 0 aromatic carbocycles. The van der Waals surface area contributed by atoms with Crippen molar-refractivity contribution in [3.8, 4) is 0 Å². The van der Waals surface area contributed by atoms with Crippen LogP contribution in [-0.2, 0) is 10.1 Å². The van der Waals surface area contributed by atoms with Gasteiger partial charge in [-0.3, -0.25) is 4.55 Å². The highest BCUT2D eigenvalue weighted by Gasteiger charge is 2.25. The van der Waals surface area contributed by atoms with Gasteiger partial charge in [-0.25, -0.2) is 0 Å². The predicted molar refractivity (Wildman–Crippen MR) is 92.7 cm³/mol. The largest absolute Gasteiger partial charge is 0.393 e. The molecule has 2 atom stereocenters. The quantitative estimate of drug-likeness (QED) is 0.335. The summed E-state index contributed by atoms with van der Waals surface area (Å²) in [6.07, 6.45) is 11.9. The zero-order valence-corrected chi connectivity index (χ0v) is 15.3. The van der Waals surface area contributed by atoms with Crippen molar-refractivity contribution in [3.05, 3.63) is 0 Å². The monoisotopic (exact) mass is 336 g/mol. The Bertz CT molecular complexity index is 341. The maximum atomic E-state index is 11.3. The van der Waals surface area contributed by atoms with E-state index in [0.29, 0.717) is 12.8 Å². The standard InChI is InChI=1S/C17H36O4S/c1-3-5-7-8-9-10-11-12-13-16(18)15-17(14-6-4-2)22(19,20)21/h16-18H,3-15H2,1-2H3,(H,19,20,21). The van der Waals surface area contributed by atoms with E-state index in [-0.39, 0.29) is 6.42 Å². The summed E-state index contributed by atoms with van der Waals surface area (Å²) in [5.41, 5.74) is 0. The maximum Gasteiger partial charge on any atom is 0.267 e. The molecule has 0 spiro atoms. The van der Waals surface area contributed by atoms with Gasteiger partial charge in [0.05, 0.1) is 11.4 Å². The topological polar surface area (TPSA) is 74.6 Å². The first-order chi connectivity index (χ1) is 10.4. The lowest BCUT2D eigenvalue weighted by Gasteiger charge is -2.17. The highest BCUT2D eigenvalue weighted by molar-refractivity contribution is 7.86. The van der Waals surface area contributed by atoms with Gasteiger partial charge in [0.1, 0.15) is 0 Å². The summed E-state index contributed by atoms with van der Waals surface area (Å²) in [5, 5.41) is 9.17. The first-order valence-corrected chi connectivity index (χ1v) is 10.6. The number of aliphatic hydroxyl groups excluding tert-OH is 1. The normalized spacial score (nSPS) is 14.9. The molecule has 0 radical (unpaired) electrons. The summed E-state index contributed by atoms with van der Waals surface area (Å²) in [5.74, 6) is 0. The minimum Gasteiger partial charge on any atom is -0.393 e. The molecule has 4 nitrogen and oxygen atoms in total. The Morgan fingerprint density at radius 2 is 1.27 bits per heavy atom. The van der Waals surface area contributed by atoms with Gasteiger partial charge in [-0.1, -0.05) is 78.1 Å². The van der Waals surface area contributed by atoms with E-state index < -0.39 is 21.5 Å². The van der Waals surface area contributed by atoms with Crippen LogP contribution in [0.1, 0.15) is 97.3 Å². The summed E-state index contributed by atoms with van der Waals surface area (Å²) >= 11 is 0. The number of unbranched alkanes of at least 4 members (excludes halogenated alkanes) is 8. The molecule has 0 aromatic heterocycles. The van der Waals surface area contributed by atoms with Crippen molar-refractivity contribution < 1.29 is 18.1 Å². The van der Waals surface area contributed by atoms with Crippen molar-refractivity contribution in [2.24, 2.45) is 0 Å². The van der Waals surface area contributed by atoms with Crippen molar-refractivity contribution in [3.63, 3.8) is 0 Å². The van der Waals surface area contributed by atoms with Crippen LogP contribution in [0.15, 0.2) is 0 Å². The Kier molecular flexibility index (Phi) is 13.2. The molecular formula is C17H36O4S. The van der Waals surface area contributed by atoms with E-state index in [1.54, 1.807) is 0 Å². The smallest absolute Gasteiger partial charge is 0.267 e. The average Bonchev–Trinajstić information content (AvgIpc) is 2.45. The molecule has 0 aliphatic heterocycles. The molecule has 5 heteroatoms. The lowest BCUT2D eigenvalue weighted by Crippen LogP contribution is -2.26. The van der Waals surface area contributed by atoms with Crippen LogP contribution in [-0.4, -0.2) is 29.4 Å². The van der Waals surface area contributed by atoms with Crippen molar-refractivity contribution in [2.75, 3.05) is 0 Å². The summed E-state index contributed by atoms with van der Waals surface area (Å²) in [7, 11) is -4.04. The van der Waals surface area contributed by atoms with Gasteiger partial charge < -0.3 is 5.11 Å². The minimum atomic E-state index is -4.04. The molecule has 22 heavy (non-hydrogen) atoms. The number of aliphatic hydroxyl groups is 1. The molecule has 134 valence electrons. The second-order valence-electron chi connectivity index (χ2n) is 6.43. The van der Waals surface area contributed by atoms with Gasteiger partial charge in [0.25, 0.3) is 10.1 Å². The molecule has 2 unspecified atom stereocenters. The van der Waals surface area contributed by atoms with E-state index in [1.807, 2.05) is 6.92 Å². The fourth-order valence-electron chi connectivity index (χ4n) is 2.76. The van der Waals surface area contributed by atoms with Crippen LogP contribution < -0.4 is 0 Å². The predicted octanol–water partition coefficient (Wildman–Crippen LogP) is 4.71.